The first-order chi connectivity index (χ1) is 8.65. The minimum Gasteiger partial charge on any atom is -0.491 e. The van der Waals surface area contributed by atoms with Gasteiger partial charge in [-0.2, -0.15) is 0 Å². The zero-order valence-corrected chi connectivity index (χ0v) is 12.1. The number of amides is 1. The monoisotopic (exact) mass is 284 g/mol. The minimum atomic E-state index is 0. The molecule has 1 fully saturated rings. The molecule has 2 N–H and O–H groups in total. The van der Waals surface area contributed by atoms with Crippen LogP contribution >= 0.6 is 12.4 Å². The molecule has 1 aromatic carbocycles. The highest BCUT2D eigenvalue weighted by Gasteiger charge is 2.22. The van der Waals surface area contributed by atoms with E-state index in [0.717, 1.165) is 30.9 Å². The van der Waals surface area contributed by atoms with Gasteiger partial charge in [0.1, 0.15) is 5.75 Å². The summed E-state index contributed by atoms with van der Waals surface area (Å²) in [6.45, 7) is 5.69. The number of carbonyl (C=O) groups excluding carboxylic acids is 1. The normalized spacial score (nSPS) is 17.9. The van der Waals surface area contributed by atoms with Gasteiger partial charge in [0.05, 0.1) is 12.0 Å². The van der Waals surface area contributed by atoms with Crippen molar-refractivity contribution in [3.8, 4) is 5.75 Å². The van der Waals surface area contributed by atoms with Gasteiger partial charge < -0.3 is 15.4 Å². The molecule has 0 aliphatic carbocycles. The maximum absolute atomic E-state index is 11.9. The molecular formula is C14H21ClN2O2. The molecule has 1 amide bonds. The van der Waals surface area contributed by atoms with E-state index < -0.39 is 0 Å². The number of hydrogen-bond donors (Lipinski definition) is 2. The van der Waals surface area contributed by atoms with Crippen LogP contribution in [0.2, 0.25) is 0 Å². The van der Waals surface area contributed by atoms with E-state index in [1.807, 2.05) is 38.1 Å². The van der Waals surface area contributed by atoms with Crippen molar-refractivity contribution >= 4 is 24.0 Å². The van der Waals surface area contributed by atoms with Crippen LogP contribution < -0.4 is 15.4 Å². The summed E-state index contributed by atoms with van der Waals surface area (Å²) < 4.78 is 5.55. The number of halogens is 1. The SMILES string of the molecule is CC(C)Oc1ccc(NC(=O)C2CCNC2)cc1.Cl. The van der Waals surface area contributed by atoms with Crippen LogP contribution in [0.4, 0.5) is 5.69 Å². The second-order valence-electron chi connectivity index (χ2n) is 4.87. The molecule has 19 heavy (non-hydrogen) atoms. The molecule has 1 aliphatic rings. The quantitative estimate of drug-likeness (QED) is 0.893. The second-order valence-corrected chi connectivity index (χ2v) is 4.87. The van der Waals surface area contributed by atoms with E-state index in [1.165, 1.54) is 0 Å². The van der Waals surface area contributed by atoms with Crippen LogP contribution in [0.15, 0.2) is 24.3 Å². The predicted octanol–water partition coefficient (Wildman–Crippen LogP) is 2.44. The number of anilines is 1. The third-order valence-electron chi connectivity index (χ3n) is 2.92. The zero-order chi connectivity index (χ0) is 13.0. The Bertz CT molecular complexity index is 400. The standard InChI is InChI=1S/C14H20N2O2.ClH/c1-10(2)18-13-5-3-12(4-6-13)16-14(17)11-7-8-15-9-11;/h3-6,10-11,15H,7-9H2,1-2H3,(H,16,17);1H. The lowest BCUT2D eigenvalue weighted by Crippen LogP contribution is -2.24. The van der Waals surface area contributed by atoms with Gasteiger partial charge in [0, 0.05) is 12.2 Å². The van der Waals surface area contributed by atoms with Gasteiger partial charge in [0.25, 0.3) is 0 Å². The maximum atomic E-state index is 11.9. The average Bonchev–Trinajstić information content (AvgIpc) is 2.84. The summed E-state index contributed by atoms with van der Waals surface area (Å²) in [4.78, 5) is 11.9. The fourth-order valence-electron chi connectivity index (χ4n) is 2.01. The Labute approximate surface area is 120 Å². The smallest absolute Gasteiger partial charge is 0.228 e. The topological polar surface area (TPSA) is 50.4 Å². The highest BCUT2D eigenvalue weighted by atomic mass is 35.5. The van der Waals surface area contributed by atoms with Gasteiger partial charge in [-0.25, -0.2) is 0 Å². The molecule has 0 radical (unpaired) electrons. The van der Waals surface area contributed by atoms with E-state index in [-0.39, 0.29) is 30.3 Å². The second kappa shape index (κ2) is 7.36. The third kappa shape index (κ3) is 4.73. The van der Waals surface area contributed by atoms with Crippen molar-refractivity contribution in [2.45, 2.75) is 26.4 Å². The number of rotatable bonds is 4. The molecule has 1 aliphatic heterocycles. The summed E-state index contributed by atoms with van der Waals surface area (Å²) in [5, 5.41) is 6.12. The lowest BCUT2D eigenvalue weighted by atomic mass is 10.1. The van der Waals surface area contributed by atoms with Gasteiger partial charge in [0.2, 0.25) is 5.91 Å². The van der Waals surface area contributed by atoms with Crippen molar-refractivity contribution in [3.63, 3.8) is 0 Å². The molecule has 0 aromatic heterocycles. The summed E-state index contributed by atoms with van der Waals surface area (Å²) >= 11 is 0. The lowest BCUT2D eigenvalue weighted by Gasteiger charge is -2.12. The van der Waals surface area contributed by atoms with Crippen LogP contribution in [-0.2, 0) is 4.79 Å². The fraction of sp³-hybridized carbons (Fsp3) is 0.500. The van der Waals surface area contributed by atoms with E-state index in [1.54, 1.807) is 0 Å². The Morgan fingerprint density at radius 3 is 2.58 bits per heavy atom. The Balaban J connectivity index is 0.00000180. The molecule has 4 nitrogen and oxygen atoms in total. The van der Waals surface area contributed by atoms with Crippen molar-refractivity contribution in [2.75, 3.05) is 18.4 Å². The molecule has 0 saturated carbocycles. The lowest BCUT2D eigenvalue weighted by molar-refractivity contribution is -0.119. The minimum absolute atomic E-state index is 0. The number of nitrogens with one attached hydrogen (secondary N) is 2. The first-order valence-electron chi connectivity index (χ1n) is 6.43. The maximum Gasteiger partial charge on any atom is 0.228 e. The molecule has 5 heteroatoms. The van der Waals surface area contributed by atoms with E-state index in [2.05, 4.69) is 10.6 Å². The first-order valence-corrected chi connectivity index (χ1v) is 6.43. The van der Waals surface area contributed by atoms with Crippen LogP contribution in [0.3, 0.4) is 0 Å². The van der Waals surface area contributed by atoms with E-state index in [0.29, 0.717) is 0 Å². The van der Waals surface area contributed by atoms with Gasteiger partial charge in [-0.3, -0.25) is 4.79 Å². The fourth-order valence-corrected chi connectivity index (χ4v) is 2.01. The van der Waals surface area contributed by atoms with Gasteiger partial charge in [-0.1, -0.05) is 0 Å². The van der Waals surface area contributed by atoms with Crippen LogP contribution in [-0.4, -0.2) is 25.1 Å². The van der Waals surface area contributed by atoms with Crippen LogP contribution in [0.5, 0.6) is 5.75 Å². The average molecular weight is 285 g/mol. The molecule has 0 spiro atoms. The van der Waals surface area contributed by atoms with Crippen LogP contribution in [0, 0.1) is 5.92 Å². The first kappa shape index (κ1) is 15.8. The van der Waals surface area contributed by atoms with Crippen LogP contribution in [0.25, 0.3) is 0 Å². The highest BCUT2D eigenvalue weighted by molar-refractivity contribution is 5.92. The third-order valence-corrected chi connectivity index (χ3v) is 2.92. The van der Waals surface area contributed by atoms with Crippen LogP contribution in [0.1, 0.15) is 20.3 Å². The summed E-state index contributed by atoms with van der Waals surface area (Å²) in [5.41, 5.74) is 0.822. The number of carbonyl (C=O) groups is 1. The van der Waals surface area contributed by atoms with Gasteiger partial charge in [-0.05, 0) is 51.1 Å². The summed E-state index contributed by atoms with van der Waals surface area (Å²) in [7, 11) is 0. The van der Waals surface area contributed by atoms with Crippen molar-refractivity contribution in [3.05, 3.63) is 24.3 Å². The van der Waals surface area contributed by atoms with Crippen molar-refractivity contribution < 1.29 is 9.53 Å². The molecule has 1 aromatic rings. The number of benzene rings is 1. The largest absolute Gasteiger partial charge is 0.491 e. The summed E-state index contributed by atoms with van der Waals surface area (Å²) in [6.07, 6.45) is 1.08. The Hall–Kier alpha value is -1.26. The Morgan fingerprint density at radius 2 is 2.05 bits per heavy atom. The highest BCUT2D eigenvalue weighted by Crippen LogP contribution is 2.18. The van der Waals surface area contributed by atoms with Gasteiger partial charge >= 0.3 is 0 Å². The molecule has 2 rings (SSSR count). The summed E-state index contributed by atoms with van der Waals surface area (Å²) in [6, 6.07) is 7.50. The molecule has 106 valence electrons. The Kier molecular flexibility index (Phi) is 6.12. The molecule has 1 atom stereocenters. The van der Waals surface area contributed by atoms with E-state index in [9.17, 15) is 4.79 Å². The van der Waals surface area contributed by atoms with Crippen molar-refractivity contribution in [1.82, 2.24) is 5.32 Å². The molecule has 0 bridgehead atoms. The predicted molar refractivity (Wildman–Crippen MR) is 79.1 cm³/mol. The van der Waals surface area contributed by atoms with Crippen molar-refractivity contribution in [1.29, 1.82) is 0 Å². The van der Waals surface area contributed by atoms with E-state index >= 15 is 0 Å². The zero-order valence-electron chi connectivity index (χ0n) is 11.3. The number of ether oxygens (including phenoxy) is 1. The summed E-state index contributed by atoms with van der Waals surface area (Å²) in [5.74, 6) is 1.01. The van der Waals surface area contributed by atoms with Gasteiger partial charge in [-0.15, -0.1) is 12.4 Å². The van der Waals surface area contributed by atoms with Crippen molar-refractivity contribution in [2.24, 2.45) is 5.92 Å². The van der Waals surface area contributed by atoms with Gasteiger partial charge in [0.15, 0.2) is 0 Å². The van der Waals surface area contributed by atoms with E-state index in [4.69, 9.17) is 4.74 Å². The molecule has 1 saturated heterocycles. The number of hydrogen-bond acceptors (Lipinski definition) is 3. The molecule has 1 unspecified atom stereocenters. The Morgan fingerprint density at radius 1 is 1.37 bits per heavy atom. The molecule has 1 heterocycles. The molecular weight excluding hydrogens is 264 g/mol.